The van der Waals surface area contributed by atoms with Crippen LogP contribution >= 0.6 is 0 Å². The lowest BCUT2D eigenvalue weighted by Gasteiger charge is -2.15. The van der Waals surface area contributed by atoms with Gasteiger partial charge >= 0.3 is 0 Å². The summed E-state index contributed by atoms with van der Waals surface area (Å²) >= 11 is 0. The van der Waals surface area contributed by atoms with Crippen molar-refractivity contribution in [2.24, 2.45) is 0 Å². The van der Waals surface area contributed by atoms with Gasteiger partial charge in [0.15, 0.2) is 0 Å². The summed E-state index contributed by atoms with van der Waals surface area (Å²) in [7, 11) is 17.7. The summed E-state index contributed by atoms with van der Waals surface area (Å²) < 4.78 is 30.9. The maximum absolute atomic E-state index is 5.56. The van der Waals surface area contributed by atoms with Gasteiger partial charge in [0.05, 0.1) is 25.4 Å². The number of rotatable bonds is 6. The van der Waals surface area contributed by atoms with E-state index in [1.165, 1.54) is 0 Å². The topological polar surface area (TPSA) is 55.4 Å². The maximum atomic E-state index is 5.56. The summed E-state index contributed by atoms with van der Waals surface area (Å²) in [6, 6.07) is -0.389. The Bertz CT molecular complexity index is 282. The van der Waals surface area contributed by atoms with Gasteiger partial charge in [0.2, 0.25) is 0 Å². The summed E-state index contributed by atoms with van der Waals surface area (Å²) in [6.07, 6.45) is 1.68. The molecule has 0 spiro atoms. The molecule has 0 amide bonds. The molecule has 8 heteroatoms. The van der Waals surface area contributed by atoms with Crippen molar-refractivity contribution >= 4 is 15.7 Å². The van der Waals surface area contributed by atoms with Crippen LogP contribution in [0.3, 0.4) is 0 Å². The van der Waals surface area contributed by atoms with Gasteiger partial charge in [-0.1, -0.05) is 285 Å². The van der Waals surface area contributed by atoms with Crippen LogP contribution in [0.1, 0.15) is 298 Å². The number of hydrogen-bond acceptors (Lipinski definition) is 6. The molecule has 0 aromatic rings. The fourth-order valence-corrected chi connectivity index (χ4v) is 2.61. The van der Waals surface area contributed by atoms with E-state index >= 15 is 0 Å². The predicted octanol–water partition coefficient (Wildman–Crippen LogP) is 22.4. The summed E-state index contributed by atoms with van der Waals surface area (Å²) in [6.45, 7) is 49.1. The first-order valence-corrected chi connectivity index (χ1v) is 19.4. The van der Waals surface area contributed by atoms with Gasteiger partial charge in [-0.05, 0) is 12.8 Å². The summed E-state index contributed by atoms with van der Waals surface area (Å²) in [4.78, 5) is 0. The van der Waals surface area contributed by atoms with E-state index in [1.54, 1.807) is 28.4 Å². The third kappa shape index (κ3) is 181. The first-order valence-electron chi connectivity index (χ1n) is 19.4. The first kappa shape index (κ1) is 200. The van der Waals surface area contributed by atoms with E-state index in [-0.39, 0.29) is 155 Å². The van der Waals surface area contributed by atoms with E-state index in [0.29, 0.717) is 13.2 Å². The van der Waals surface area contributed by atoms with Crippen LogP contribution in [0.15, 0.2) is 0 Å². The highest BCUT2D eigenvalue weighted by Gasteiger charge is 2.33. The molecular weight excluding hydrogens is 766 g/mol. The molecule has 2 heterocycles. The minimum absolute atomic E-state index is 0. The Balaban J connectivity index is -0.00000000826. The third-order valence-electron chi connectivity index (χ3n) is 3.73. The molecule has 0 aliphatic carbocycles. The molecule has 0 N–H and O–H groups in total. The van der Waals surface area contributed by atoms with Crippen LogP contribution in [-0.2, 0) is 28.4 Å². The van der Waals surface area contributed by atoms with E-state index in [1.807, 2.05) is 166 Å². The minimum Gasteiger partial charge on any atom is -0.382 e. The molecule has 2 unspecified atom stereocenters. The van der Waals surface area contributed by atoms with Gasteiger partial charge in [0.25, 0.3) is 0 Å². The Morgan fingerprint density at radius 1 is 0.306 bits per heavy atom. The molecule has 2 rings (SSSR count). The van der Waals surface area contributed by atoms with Crippen molar-refractivity contribution in [2.45, 2.75) is 334 Å². The van der Waals surface area contributed by atoms with Crippen LogP contribution in [-0.4, -0.2) is 93.8 Å². The predicted molar refractivity (Wildman–Crippen MR) is 327 cm³/mol. The average molecular weight is 930 g/mol. The van der Waals surface area contributed by atoms with Crippen molar-refractivity contribution in [2.75, 3.05) is 41.7 Å². The van der Waals surface area contributed by atoms with Crippen molar-refractivity contribution in [3.63, 3.8) is 0 Å². The van der Waals surface area contributed by atoms with Gasteiger partial charge < -0.3 is 28.4 Å². The lowest BCUT2D eigenvalue weighted by Crippen LogP contribution is -2.27. The molecule has 6 nitrogen and oxygen atoms in total. The fraction of sp³-hybridized carbons (Fsp3) is 1.00. The van der Waals surface area contributed by atoms with Gasteiger partial charge in [-0.25, -0.2) is 0 Å². The largest absolute Gasteiger partial charge is 0.382 e. The Kier molecular flexibility index (Phi) is 905. The number of hydrogen-bond donors (Lipinski definition) is 0. The maximum Gasteiger partial charge on any atom is 0.109 e. The second-order valence-electron chi connectivity index (χ2n) is 5.36. The summed E-state index contributed by atoms with van der Waals surface area (Å²) in [5, 5.41) is 0. The monoisotopic (exact) mass is 929 g/mol. The normalized spacial score (nSPS) is 14.6. The molecule has 0 aromatic heterocycles. The molecule has 4 radical (unpaired) electrons. The lowest BCUT2D eigenvalue weighted by atomic mass is 9.96. The lowest BCUT2D eigenvalue weighted by molar-refractivity contribution is -0.0315. The molecule has 2 fully saturated rings. The standard InChI is InChI=1S/2C7H13BO3.12C2H6.16CH4/c2*1-9-4-6-5(10-2)3-7(8)11-6;12*1-2;;;;;;;;;;;;;;;;/h2*5-7H,3-4H2,1-2H3;12*1-2H3;16*1H4/t2*5?,6-,7-;;;;;;;;;;;;;;;;;;;;;;;;;;;;/m11............................/s1. The van der Waals surface area contributed by atoms with Crippen molar-refractivity contribution in [3.8, 4) is 0 Å². The molecule has 0 saturated carbocycles. The van der Waals surface area contributed by atoms with Crippen LogP contribution in [0.4, 0.5) is 0 Å². The van der Waals surface area contributed by atoms with Gasteiger partial charge in [-0.15, -0.1) is 0 Å². The number of methoxy groups -OCH3 is 4. The van der Waals surface area contributed by atoms with Gasteiger partial charge in [-0.2, -0.15) is 0 Å². The molecule has 0 aromatic carbocycles. The van der Waals surface area contributed by atoms with Gasteiger partial charge in [0, 0.05) is 40.4 Å². The van der Waals surface area contributed by atoms with Crippen molar-refractivity contribution in [1.82, 2.24) is 0 Å². The molecule has 62 heavy (non-hydrogen) atoms. The van der Waals surface area contributed by atoms with E-state index in [9.17, 15) is 0 Å². The van der Waals surface area contributed by atoms with E-state index in [0.717, 1.165) is 12.8 Å². The highest BCUT2D eigenvalue weighted by atomic mass is 16.6. The second kappa shape index (κ2) is 281. The molecular formula is C54H162B2O6. The van der Waals surface area contributed by atoms with Crippen molar-refractivity contribution < 1.29 is 28.4 Å². The highest BCUT2D eigenvalue weighted by molar-refractivity contribution is 6.11. The van der Waals surface area contributed by atoms with E-state index < -0.39 is 0 Å². The molecule has 2 aliphatic rings. The van der Waals surface area contributed by atoms with Crippen molar-refractivity contribution in [3.05, 3.63) is 0 Å². The second-order valence-corrected chi connectivity index (χ2v) is 5.36. The molecule has 2 aliphatic heterocycles. The van der Waals surface area contributed by atoms with Crippen LogP contribution in [0, 0.1) is 0 Å². The fourth-order valence-electron chi connectivity index (χ4n) is 2.61. The highest BCUT2D eigenvalue weighted by Crippen LogP contribution is 2.21. The van der Waals surface area contributed by atoms with Gasteiger partial charge in [0.1, 0.15) is 27.9 Å². The summed E-state index contributed by atoms with van der Waals surface area (Å²) in [5.41, 5.74) is 0. The molecule has 2 saturated heterocycles. The number of ether oxygens (including phenoxy) is 6. The van der Waals surface area contributed by atoms with Crippen LogP contribution in [0.2, 0.25) is 0 Å². The first-order chi connectivity index (χ1) is 22.5. The average Bonchev–Trinajstić information content (AvgIpc) is 3.75. The zero-order valence-corrected chi connectivity index (χ0v) is 37.9. The van der Waals surface area contributed by atoms with Gasteiger partial charge in [-0.3, -0.25) is 0 Å². The van der Waals surface area contributed by atoms with Crippen LogP contribution < -0.4 is 0 Å². The van der Waals surface area contributed by atoms with E-state index in [4.69, 9.17) is 44.1 Å². The SMILES string of the molecule is C.C.C.C.C.C.C.C.C.C.C.C.C.C.C.C.CC.CC.CC.CC.CC.CC.CC.CC.CC.CC.CC.CC.[B][C@H]1CC(OC)[C@@H](COC)O1.[B][C@H]1CC(OC)[C@@H](COC)O1. The zero-order chi connectivity index (χ0) is 40.5. The molecule has 420 valence electrons. The van der Waals surface area contributed by atoms with E-state index in [2.05, 4.69) is 0 Å². The Labute approximate surface area is 418 Å². The Hall–Kier alpha value is -0.110. The Morgan fingerprint density at radius 3 is 0.532 bits per heavy atom. The Morgan fingerprint density at radius 2 is 0.435 bits per heavy atom. The zero-order valence-electron chi connectivity index (χ0n) is 37.9. The molecule has 6 atom stereocenters. The quantitative estimate of drug-likeness (QED) is 0.247. The smallest absolute Gasteiger partial charge is 0.109 e. The molecule has 0 bridgehead atoms. The minimum atomic E-state index is -0.194. The third-order valence-corrected chi connectivity index (χ3v) is 3.73. The summed E-state index contributed by atoms with van der Waals surface area (Å²) in [5.74, 6) is 0. The van der Waals surface area contributed by atoms with Crippen molar-refractivity contribution in [1.29, 1.82) is 0 Å². The van der Waals surface area contributed by atoms with Crippen LogP contribution in [0.5, 0.6) is 0 Å². The van der Waals surface area contributed by atoms with Crippen LogP contribution in [0.25, 0.3) is 0 Å².